The van der Waals surface area contributed by atoms with Crippen molar-refractivity contribution in [2.24, 2.45) is 0 Å². The summed E-state index contributed by atoms with van der Waals surface area (Å²) >= 11 is 0. The fourth-order valence-electron chi connectivity index (χ4n) is 3.70. The van der Waals surface area contributed by atoms with Crippen LogP contribution in [0.4, 0.5) is 13.2 Å². The van der Waals surface area contributed by atoms with Gasteiger partial charge in [-0.1, -0.05) is 24.3 Å². The molecule has 0 spiro atoms. The Morgan fingerprint density at radius 1 is 1.20 bits per heavy atom. The number of methoxy groups -OCH3 is 1. The smallest absolute Gasteiger partial charge is 0.416 e. The van der Waals surface area contributed by atoms with Gasteiger partial charge in [0.1, 0.15) is 18.1 Å². The summed E-state index contributed by atoms with van der Waals surface area (Å²) in [5.74, 6) is 0.198. The maximum atomic E-state index is 13.2. The number of halogens is 3. The Kier molecular flexibility index (Phi) is 7.96. The van der Waals surface area contributed by atoms with Gasteiger partial charge in [-0.05, 0) is 43.7 Å². The zero-order chi connectivity index (χ0) is 25.8. The van der Waals surface area contributed by atoms with Crippen LogP contribution in [-0.2, 0) is 23.9 Å². The lowest BCUT2D eigenvalue weighted by molar-refractivity contribution is -0.137. The van der Waals surface area contributed by atoms with Gasteiger partial charge in [0.2, 0.25) is 5.91 Å². The van der Waals surface area contributed by atoms with Gasteiger partial charge in [0.15, 0.2) is 0 Å². The van der Waals surface area contributed by atoms with Crippen LogP contribution in [-0.4, -0.2) is 34.3 Å². The van der Waals surface area contributed by atoms with E-state index in [-0.39, 0.29) is 30.0 Å². The van der Waals surface area contributed by atoms with E-state index in [0.717, 1.165) is 22.3 Å². The number of benzene rings is 2. The molecule has 1 heterocycles. The molecule has 35 heavy (non-hydrogen) atoms. The maximum Gasteiger partial charge on any atom is 0.416 e. The van der Waals surface area contributed by atoms with Crippen LogP contribution in [0.3, 0.4) is 0 Å². The number of ether oxygens (including phenoxy) is 1. The van der Waals surface area contributed by atoms with E-state index < -0.39 is 35.8 Å². The Bertz CT molecular complexity index is 1250. The van der Waals surface area contributed by atoms with Crippen molar-refractivity contribution in [3.05, 3.63) is 81.3 Å². The van der Waals surface area contributed by atoms with Gasteiger partial charge in [0.25, 0.3) is 5.56 Å². The minimum atomic E-state index is -4.51. The summed E-state index contributed by atoms with van der Waals surface area (Å²) in [6, 6.07) is 11.0. The summed E-state index contributed by atoms with van der Waals surface area (Å²) in [6.45, 7) is 2.65. The van der Waals surface area contributed by atoms with Crippen molar-refractivity contribution in [2.75, 3.05) is 13.7 Å². The molecule has 2 aromatic carbocycles. The Hall–Kier alpha value is -3.66. The minimum absolute atomic E-state index is 0.0345. The third kappa shape index (κ3) is 6.07. The number of aliphatic hydroxyl groups is 1. The molecule has 1 aromatic heterocycles. The number of aromatic nitrogens is 2. The third-order valence-corrected chi connectivity index (χ3v) is 5.57. The Morgan fingerprint density at radius 3 is 2.49 bits per heavy atom. The molecule has 0 saturated carbocycles. The number of hydrogen-bond acceptors (Lipinski definition) is 5. The molecule has 1 atom stereocenters. The summed E-state index contributed by atoms with van der Waals surface area (Å²) in [6.07, 6.45) is -4.48. The van der Waals surface area contributed by atoms with Gasteiger partial charge in [0.05, 0.1) is 18.7 Å². The lowest BCUT2D eigenvalue weighted by Gasteiger charge is -2.19. The van der Waals surface area contributed by atoms with Crippen molar-refractivity contribution in [2.45, 2.75) is 39.0 Å². The van der Waals surface area contributed by atoms with Crippen LogP contribution in [0.5, 0.6) is 5.75 Å². The monoisotopic (exact) mass is 489 g/mol. The van der Waals surface area contributed by atoms with Gasteiger partial charge in [-0.15, -0.1) is 0 Å². The summed E-state index contributed by atoms with van der Waals surface area (Å²) in [5, 5.41) is 12.2. The average Bonchev–Trinajstić information content (AvgIpc) is 2.83. The highest BCUT2D eigenvalue weighted by Crippen LogP contribution is 2.30. The first-order chi connectivity index (χ1) is 16.5. The largest absolute Gasteiger partial charge is 0.497 e. The molecule has 0 aliphatic rings. The van der Waals surface area contributed by atoms with Crippen LogP contribution in [0.1, 0.15) is 35.3 Å². The average molecular weight is 489 g/mol. The number of rotatable bonds is 8. The van der Waals surface area contributed by atoms with Gasteiger partial charge in [-0.25, -0.2) is 4.98 Å². The second kappa shape index (κ2) is 10.7. The lowest BCUT2D eigenvalue weighted by atomic mass is 10.1. The van der Waals surface area contributed by atoms with Crippen molar-refractivity contribution in [3.63, 3.8) is 0 Å². The molecule has 2 N–H and O–H groups in total. The van der Waals surface area contributed by atoms with E-state index in [1.54, 1.807) is 32.0 Å². The summed E-state index contributed by atoms with van der Waals surface area (Å²) in [5.41, 5.74) is 0.231. The highest BCUT2D eigenvalue weighted by molar-refractivity contribution is 5.77. The predicted octanol–water partition coefficient (Wildman–Crippen LogP) is 3.66. The standard InChI is InChI=1S/C25H26F3N3O4/c1-15(18-5-4-6-20(13-18)35-3)29-22(33)14-31-23(30-16(2)21(11-12-32)24(31)34)17-7-9-19(10-8-17)25(26,27)28/h4-10,13,15,32H,11-12,14H2,1-3H3,(H,29,33)/t15-/m0/s1. The van der Waals surface area contributed by atoms with Gasteiger partial charge < -0.3 is 15.2 Å². The van der Waals surface area contributed by atoms with Crippen molar-refractivity contribution in [1.29, 1.82) is 0 Å². The van der Waals surface area contributed by atoms with E-state index >= 15 is 0 Å². The number of nitrogens with zero attached hydrogens (tertiary/aromatic N) is 2. The summed E-state index contributed by atoms with van der Waals surface area (Å²) in [7, 11) is 1.53. The molecule has 0 unspecified atom stereocenters. The van der Waals surface area contributed by atoms with Crippen LogP contribution in [0, 0.1) is 6.92 Å². The normalized spacial score (nSPS) is 12.3. The third-order valence-electron chi connectivity index (χ3n) is 5.57. The fourth-order valence-corrected chi connectivity index (χ4v) is 3.70. The molecule has 7 nitrogen and oxygen atoms in total. The van der Waals surface area contributed by atoms with Crippen LogP contribution in [0.15, 0.2) is 53.3 Å². The van der Waals surface area contributed by atoms with Crippen LogP contribution in [0.2, 0.25) is 0 Å². The molecule has 0 radical (unpaired) electrons. The second-order valence-electron chi connectivity index (χ2n) is 8.01. The quantitative estimate of drug-likeness (QED) is 0.504. The van der Waals surface area contributed by atoms with Crippen LogP contribution < -0.4 is 15.6 Å². The number of hydrogen-bond donors (Lipinski definition) is 2. The number of alkyl halides is 3. The number of aliphatic hydroxyl groups excluding tert-OH is 1. The molecular weight excluding hydrogens is 463 g/mol. The molecule has 0 saturated heterocycles. The highest BCUT2D eigenvalue weighted by atomic mass is 19.4. The molecule has 3 aromatic rings. The molecule has 0 fully saturated rings. The van der Waals surface area contributed by atoms with E-state index in [9.17, 15) is 27.9 Å². The Morgan fingerprint density at radius 2 is 1.89 bits per heavy atom. The van der Waals surface area contributed by atoms with E-state index in [2.05, 4.69) is 10.3 Å². The molecule has 0 aliphatic carbocycles. The highest BCUT2D eigenvalue weighted by Gasteiger charge is 2.30. The number of carbonyl (C=O) groups is 1. The number of carbonyl (C=O) groups excluding carboxylic acids is 1. The van der Waals surface area contributed by atoms with Crippen LogP contribution >= 0.6 is 0 Å². The maximum absolute atomic E-state index is 13.2. The zero-order valence-electron chi connectivity index (χ0n) is 19.5. The van der Waals surface area contributed by atoms with Gasteiger partial charge in [-0.3, -0.25) is 14.2 Å². The molecule has 186 valence electrons. The Balaban J connectivity index is 1.96. The first-order valence-corrected chi connectivity index (χ1v) is 10.9. The minimum Gasteiger partial charge on any atom is -0.497 e. The lowest BCUT2D eigenvalue weighted by Crippen LogP contribution is -2.36. The summed E-state index contributed by atoms with van der Waals surface area (Å²) in [4.78, 5) is 30.5. The van der Waals surface area contributed by atoms with E-state index in [4.69, 9.17) is 4.74 Å². The number of amides is 1. The van der Waals surface area contributed by atoms with Crippen molar-refractivity contribution >= 4 is 5.91 Å². The fraction of sp³-hybridized carbons (Fsp3) is 0.320. The number of nitrogens with one attached hydrogen (secondary N) is 1. The van der Waals surface area contributed by atoms with Crippen LogP contribution in [0.25, 0.3) is 11.4 Å². The van der Waals surface area contributed by atoms with Crippen molar-refractivity contribution in [1.82, 2.24) is 14.9 Å². The van der Waals surface area contributed by atoms with Gasteiger partial charge in [0, 0.05) is 29.8 Å². The molecule has 3 rings (SSSR count). The second-order valence-corrected chi connectivity index (χ2v) is 8.01. The van der Waals surface area contributed by atoms with E-state index in [1.807, 2.05) is 6.07 Å². The van der Waals surface area contributed by atoms with Crippen molar-refractivity contribution < 1.29 is 27.8 Å². The molecule has 10 heteroatoms. The van der Waals surface area contributed by atoms with Crippen molar-refractivity contribution in [3.8, 4) is 17.1 Å². The molecule has 1 amide bonds. The predicted molar refractivity (Wildman–Crippen MR) is 124 cm³/mol. The first-order valence-electron chi connectivity index (χ1n) is 10.9. The van der Waals surface area contributed by atoms with Gasteiger partial charge >= 0.3 is 6.18 Å². The first kappa shape index (κ1) is 26.0. The number of aryl methyl sites for hydroxylation is 1. The topological polar surface area (TPSA) is 93.4 Å². The Labute approximate surface area is 200 Å². The van der Waals surface area contributed by atoms with E-state index in [0.29, 0.717) is 11.4 Å². The SMILES string of the molecule is COc1cccc([C@H](C)NC(=O)Cn2c(-c3ccc(C(F)(F)F)cc3)nc(C)c(CCO)c2=O)c1. The van der Waals surface area contributed by atoms with Gasteiger partial charge in [-0.2, -0.15) is 13.2 Å². The molecule has 0 bridgehead atoms. The van der Waals surface area contributed by atoms with E-state index in [1.165, 1.54) is 19.2 Å². The molecular formula is C25H26F3N3O4. The summed E-state index contributed by atoms with van der Waals surface area (Å²) < 4.78 is 45.3. The molecule has 0 aliphatic heterocycles. The zero-order valence-corrected chi connectivity index (χ0v) is 19.5.